The second-order valence-corrected chi connectivity index (χ2v) is 3.88. The summed E-state index contributed by atoms with van der Waals surface area (Å²) >= 11 is 0. The number of amides is 2. The third-order valence-electron chi connectivity index (χ3n) is 2.17. The van der Waals surface area contributed by atoms with E-state index >= 15 is 0 Å². The molecule has 0 aliphatic carbocycles. The molecule has 0 saturated heterocycles. The van der Waals surface area contributed by atoms with Crippen molar-refractivity contribution in [1.29, 1.82) is 0 Å². The molecule has 0 fully saturated rings. The smallest absolute Gasteiger partial charge is 0.317 e. The van der Waals surface area contributed by atoms with E-state index in [-0.39, 0.29) is 12.5 Å². The van der Waals surface area contributed by atoms with E-state index in [0.717, 1.165) is 0 Å². The average molecular weight is 240 g/mol. The standard InChI is InChI=1S/C11H16N2O4/c1-8(6-10(14)15)12-11(16)13(2)7-9-4-3-5-17-9/h3-5,8H,6-7H2,1-2H3,(H,12,16)(H,14,15). The maximum absolute atomic E-state index is 11.6. The molecule has 0 aliphatic rings. The summed E-state index contributed by atoms with van der Waals surface area (Å²) in [6.45, 7) is 1.99. The molecule has 1 aromatic heterocycles. The van der Waals surface area contributed by atoms with Gasteiger partial charge in [0.05, 0.1) is 19.2 Å². The maximum atomic E-state index is 11.6. The number of nitrogens with zero attached hydrogens (tertiary/aromatic N) is 1. The minimum atomic E-state index is -0.938. The van der Waals surface area contributed by atoms with Crippen LogP contribution < -0.4 is 5.32 Å². The highest BCUT2D eigenvalue weighted by molar-refractivity contribution is 5.75. The first-order chi connectivity index (χ1) is 7.99. The van der Waals surface area contributed by atoms with Crippen LogP contribution in [0.25, 0.3) is 0 Å². The number of hydrogen-bond donors (Lipinski definition) is 2. The quantitative estimate of drug-likeness (QED) is 0.812. The van der Waals surface area contributed by atoms with Crippen LogP contribution in [0, 0.1) is 0 Å². The lowest BCUT2D eigenvalue weighted by atomic mass is 10.2. The Labute approximate surface area is 99.2 Å². The summed E-state index contributed by atoms with van der Waals surface area (Å²) in [5.41, 5.74) is 0. The van der Waals surface area contributed by atoms with E-state index in [1.165, 1.54) is 11.2 Å². The number of rotatable bonds is 5. The van der Waals surface area contributed by atoms with Crippen LogP contribution in [0.2, 0.25) is 0 Å². The monoisotopic (exact) mass is 240 g/mol. The van der Waals surface area contributed by atoms with Crippen LogP contribution in [0.3, 0.4) is 0 Å². The molecule has 0 aromatic carbocycles. The predicted octanol–water partition coefficient (Wildman–Crippen LogP) is 1.28. The first kappa shape index (κ1) is 13.1. The lowest BCUT2D eigenvalue weighted by molar-refractivity contribution is -0.137. The van der Waals surface area contributed by atoms with Gasteiger partial charge in [0.1, 0.15) is 5.76 Å². The molecule has 0 spiro atoms. The molecule has 17 heavy (non-hydrogen) atoms. The Balaban J connectivity index is 2.39. The lowest BCUT2D eigenvalue weighted by Crippen LogP contribution is -2.42. The van der Waals surface area contributed by atoms with E-state index in [1.807, 2.05) is 0 Å². The van der Waals surface area contributed by atoms with E-state index in [4.69, 9.17) is 9.52 Å². The van der Waals surface area contributed by atoms with Crippen molar-refractivity contribution in [2.45, 2.75) is 25.9 Å². The van der Waals surface area contributed by atoms with E-state index in [0.29, 0.717) is 12.3 Å². The van der Waals surface area contributed by atoms with E-state index in [9.17, 15) is 9.59 Å². The molecule has 0 saturated carbocycles. The fourth-order valence-corrected chi connectivity index (χ4v) is 1.34. The largest absolute Gasteiger partial charge is 0.481 e. The Bertz CT molecular complexity index is 375. The third kappa shape index (κ3) is 4.58. The molecule has 94 valence electrons. The third-order valence-corrected chi connectivity index (χ3v) is 2.17. The molecule has 1 rings (SSSR count). The average Bonchev–Trinajstić information content (AvgIpc) is 2.68. The SMILES string of the molecule is CC(CC(=O)O)NC(=O)N(C)Cc1ccco1. The fourth-order valence-electron chi connectivity index (χ4n) is 1.34. The molecule has 6 heteroatoms. The van der Waals surface area contributed by atoms with Crippen molar-refractivity contribution in [2.75, 3.05) is 7.05 Å². The molecular formula is C11H16N2O4. The summed E-state index contributed by atoms with van der Waals surface area (Å²) in [7, 11) is 1.62. The van der Waals surface area contributed by atoms with Crippen molar-refractivity contribution < 1.29 is 19.1 Å². The minimum Gasteiger partial charge on any atom is -0.481 e. The molecule has 1 atom stereocenters. The zero-order valence-corrected chi connectivity index (χ0v) is 9.84. The summed E-state index contributed by atoms with van der Waals surface area (Å²) < 4.78 is 5.11. The normalized spacial score (nSPS) is 11.9. The molecule has 1 unspecified atom stereocenters. The Morgan fingerprint density at radius 3 is 2.82 bits per heavy atom. The van der Waals surface area contributed by atoms with Crippen molar-refractivity contribution in [1.82, 2.24) is 10.2 Å². The number of carbonyl (C=O) groups excluding carboxylic acids is 1. The van der Waals surface area contributed by atoms with Gasteiger partial charge in [-0.3, -0.25) is 4.79 Å². The Morgan fingerprint density at radius 1 is 1.59 bits per heavy atom. The Kier molecular flexibility index (Phi) is 4.56. The zero-order chi connectivity index (χ0) is 12.8. The summed E-state index contributed by atoms with van der Waals surface area (Å²) in [5, 5.41) is 11.2. The van der Waals surface area contributed by atoms with Crippen molar-refractivity contribution in [2.24, 2.45) is 0 Å². The summed E-state index contributed by atoms with van der Waals surface area (Å²) in [4.78, 5) is 23.5. The maximum Gasteiger partial charge on any atom is 0.317 e. The first-order valence-corrected chi connectivity index (χ1v) is 5.25. The molecule has 0 bridgehead atoms. The lowest BCUT2D eigenvalue weighted by Gasteiger charge is -2.19. The van der Waals surface area contributed by atoms with Crippen molar-refractivity contribution in [3.05, 3.63) is 24.2 Å². The number of carbonyl (C=O) groups is 2. The van der Waals surface area contributed by atoms with Crippen LogP contribution in [0.5, 0.6) is 0 Å². The van der Waals surface area contributed by atoms with Crippen LogP contribution in [-0.2, 0) is 11.3 Å². The van der Waals surface area contributed by atoms with Crippen molar-refractivity contribution in [3.8, 4) is 0 Å². The molecule has 1 aromatic rings. The fraction of sp³-hybridized carbons (Fsp3) is 0.455. The second kappa shape index (κ2) is 5.93. The van der Waals surface area contributed by atoms with Crippen LogP contribution in [0.4, 0.5) is 4.79 Å². The van der Waals surface area contributed by atoms with Gasteiger partial charge < -0.3 is 19.7 Å². The van der Waals surface area contributed by atoms with Gasteiger partial charge in [-0.2, -0.15) is 0 Å². The molecule has 0 aliphatic heterocycles. The van der Waals surface area contributed by atoms with Crippen molar-refractivity contribution >= 4 is 12.0 Å². The Hall–Kier alpha value is -1.98. The summed E-state index contributed by atoms with van der Waals surface area (Å²) in [6.07, 6.45) is 1.44. The van der Waals surface area contributed by atoms with E-state index in [2.05, 4.69) is 5.32 Å². The van der Waals surface area contributed by atoms with Gasteiger partial charge >= 0.3 is 12.0 Å². The molecule has 6 nitrogen and oxygen atoms in total. The molecule has 0 radical (unpaired) electrons. The number of carboxylic acid groups (broad SMARTS) is 1. The highest BCUT2D eigenvalue weighted by Gasteiger charge is 2.14. The molecule has 1 heterocycles. The molecule has 2 amide bonds. The van der Waals surface area contributed by atoms with Gasteiger partial charge in [0.15, 0.2) is 0 Å². The van der Waals surface area contributed by atoms with Gasteiger partial charge in [-0.05, 0) is 19.1 Å². The molecule has 2 N–H and O–H groups in total. The van der Waals surface area contributed by atoms with Gasteiger partial charge in [0.25, 0.3) is 0 Å². The predicted molar refractivity (Wildman–Crippen MR) is 60.4 cm³/mol. The summed E-state index contributed by atoms with van der Waals surface area (Å²) in [6, 6.07) is 2.78. The zero-order valence-electron chi connectivity index (χ0n) is 9.84. The Morgan fingerprint density at radius 2 is 2.29 bits per heavy atom. The van der Waals surface area contributed by atoms with E-state index in [1.54, 1.807) is 26.1 Å². The summed E-state index contributed by atoms with van der Waals surface area (Å²) in [5.74, 6) is -0.264. The highest BCUT2D eigenvalue weighted by atomic mass is 16.4. The number of carboxylic acids is 1. The van der Waals surface area contributed by atoms with Gasteiger partial charge in [-0.1, -0.05) is 0 Å². The topological polar surface area (TPSA) is 82.8 Å². The van der Waals surface area contributed by atoms with Gasteiger partial charge in [0, 0.05) is 13.1 Å². The van der Waals surface area contributed by atoms with Gasteiger partial charge in [-0.15, -0.1) is 0 Å². The number of urea groups is 1. The number of furan rings is 1. The molecular weight excluding hydrogens is 224 g/mol. The van der Waals surface area contributed by atoms with E-state index < -0.39 is 12.0 Å². The highest BCUT2D eigenvalue weighted by Crippen LogP contribution is 2.04. The van der Waals surface area contributed by atoms with Crippen LogP contribution in [0.15, 0.2) is 22.8 Å². The first-order valence-electron chi connectivity index (χ1n) is 5.25. The van der Waals surface area contributed by atoms with Crippen LogP contribution in [0.1, 0.15) is 19.1 Å². The van der Waals surface area contributed by atoms with Gasteiger partial charge in [-0.25, -0.2) is 4.79 Å². The number of aliphatic carboxylic acids is 1. The van der Waals surface area contributed by atoms with Gasteiger partial charge in [0.2, 0.25) is 0 Å². The van der Waals surface area contributed by atoms with Crippen molar-refractivity contribution in [3.63, 3.8) is 0 Å². The minimum absolute atomic E-state index is 0.0969. The number of hydrogen-bond acceptors (Lipinski definition) is 3. The second-order valence-electron chi connectivity index (χ2n) is 3.88. The van der Waals surface area contributed by atoms with Crippen LogP contribution >= 0.6 is 0 Å². The number of nitrogens with one attached hydrogen (secondary N) is 1. The van der Waals surface area contributed by atoms with Crippen LogP contribution in [-0.4, -0.2) is 35.1 Å².